The van der Waals surface area contributed by atoms with Gasteiger partial charge < -0.3 is 4.90 Å². The van der Waals surface area contributed by atoms with Gasteiger partial charge in [0.15, 0.2) is 0 Å². The number of ketones is 1. The van der Waals surface area contributed by atoms with E-state index in [2.05, 4.69) is 32.6 Å². The van der Waals surface area contributed by atoms with Gasteiger partial charge in [0, 0.05) is 25.4 Å². The highest BCUT2D eigenvalue weighted by atomic mass is 16.1. The van der Waals surface area contributed by atoms with Crippen LogP contribution in [0.25, 0.3) is 0 Å². The third-order valence-electron chi connectivity index (χ3n) is 3.35. The van der Waals surface area contributed by atoms with E-state index in [-0.39, 0.29) is 0 Å². The number of nitrogens with zero attached hydrogens (tertiary/aromatic N) is 1. The van der Waals surface area contributed by atoms with Crippen molar-refractivity contribution >= 4 is 5.78 Å². The fourth-order valence-electron chi connectivity index (χ4n) is 2.35. The first kappa shape index (κ1) is 16.6. The zero-order chi connectivity index (χ0) is 13.3. The largest absolute Gasteiger partial charge is 0.300 e. The number of rotatable bonds is 10. The van der Waals surface area contributed by atoms with Crippen LogP contribution in [-0.4, -0.2) is 29.8 Å². The van der Waals surface area contributed by atoms with Gasteiger partial charge in [0.25, 0.3) is 0 Å². The molecule has 0 heterocycles. The van der Waals surface area contributed by atoms with E-state index in [1.165, 1.54) is 12.8 Å². The maximum absolute atomic E-state index is 11.3. The van der Waals surface area contributed by atoms with Crippen LogP contribution in [-0.2, 0) is 4.79 Å². The van der Waals surface area contributed by atoms with Gasteiger partial charge in [-0.2, -0.15) is 0 Å². The summed E-state index contributed by atoms with van der Waals surface area (Å²) in [5, 5.41) is 0. The van der Waals surface area contributed by atoms with Gasteiger partial charge in [-0.15, -0.1) is 0 Å². The lowest BCUT2D eigenvalue weighted by atomic mass is 10.1. The van der Waals surface area contributed by atoms with Crippen LogP contribution in [0.1, 0.15) is 66.7 Å². The number of Topliss-reactive ketones (excluding diaryl/α,β-unsaturated/α-hetero) is 1. The second-order valence-electron chi connectivity index (χ2n) is 5.35. The molecule has 0 atom stereocenters. The Morgan fingerprint density at radius 1 is 1.12 bits per heavy atom. The number of carbonyl (C=O) groups excluding carboxylic acids is 1. The Morgan fingerprint density at radius 3 is 2.12 bits per heavy atom. The summed E-state index contributed by atoms with van der Waals surface area (Å²) in [6.45, 7) is 13.3. The van der Waals surface area contributed by atoms with Gasteiger partial charge in [-0.25, -0.2) is 0 Å². The fraction of sp³-hybridized carbons (Fsp3) is 0.933. The first-order valence-electron chi connectivity index (χ1n) is 7.30. The molecule has 0 radical (unpaired) electrons. The Hall–Kier alpha value is -0.370. The highest BCUT2D eigenvalue weighted by molar-refractivity contribution is 5.77. The molecule has 0 fully saturated rings. The molecular formula is C15H31NO. The standard InChI is InChI=1S/C15H31NO/c1-6-14(7-2)16(12-13(4)5)11-9-10-15(17)8-3/h13-14H,6-12H2,1-5H3. The smallest absolute Gasteiger partial charge is 0.132 e. The van der Waals surface area contributed by atoms with Crippen LogP contribution in [0.5, 0.6) is 0 Å². The summed E-state index contributed by atoms with van der Waals surface area (Å²) in [5.74, 6) is 1.11. The summed E-state index contributed by atoms with van der Waals surface area (Å²) >= 11 is 0. The maximum atomic E-state index is 11.3. The molecule has 0 rings (SSSR count). The molecule has 0 N–H and O–H groups in total. The molecular weight excluding hydrogens is 210 g/mol. The summed E-state index contributed by atoms with van der Waals surface area (Å²) in [5.41, 5.74) is 0. The minimum Gasteiger partial charge on any atom is -0.300 e. The maximum Gasteiger partial charge on any atom is 0.132 e. The normalized spacial score (nSPS) is 11.8. The van der Waals surface area contributed by atoms with Gasteiger partial charge in [-0.3, -0.25) is 4.79 Å². The van der Waals surface area contributed by atoms with Crippen LogP contribution in [0.4, 0.5) is 0 Å². The molecule has 0 aliphatic heterocycles. The second kappa shape index (κ2) is 9.64. The predicted molar refractivity (Wildman–Crippen MR) is 75.3 cm³/mol. The van der Waals surface area contributed by atoms with Crippen molar-refractivity contribution < 1.29 is 4.79 Å². The summed E-state index contributed by atoms with van der Waals surface area (Å²) in [7, 11) is 0. The quantitative estimate of drug-likeness (QED) is 0.578. The molecule has 0 bridgehead atoms. The van der Waals surface area contributed by atoms with E-state index in [9.17, 15) is 4.79 Å². The Bertz CT molecular complexity index is 197. The van der Waals surface area contributed by atoms with Crippen LogP contribution in [0.2, 0.25) is 0 Å². The lowest BCUT2D eigenvalue weighted by Gasteiger charge is -2.31. The number of hydrogen-bond donors (Lipinski definition) is 0. The van der Waals surface area contributed by atoms with Crippen molar-refractivity contribution in [2.75, 3.05) is 13.1 Å². The summed E-state index contributed by atoms with van der Waals surface area (Å²) in [6, 6.07) is 0.689. The Labute approximate surface area is 108 Å². The van der Waals surface area contributed by atoms with E-state index >= 15 is 0 Å². The Kier molecular flexibility index (Phi) is 9.43. The zero-order valence-electron chi connectivity index (χ0n) is 12.5. The van der Waals surface area contributed by atoms with Gasteiger partial charge in [-0.1, -0.05) is 34.6 Å². The highest BCUT2D eigenvalue weighted by Crippen LogP contribution is 2.12. The molecule has 0 aliphatic rings. The van der Waals surface area contributed by atoms with Gasteiger partial charge in [0.05, 0.1) is 0 Å². The van der Waals surface area contributed by atoms with Gasteiger partial charge in [-0.05, 0) is 31.7 Å². The highest BCUT2D eigenvalue weighted by Gasteiger charge is 2.15. The van der Waals surface area contributed by atoms with E-state index < -0.39 is 0 Å². The van der Waals surface area contributed by atoms with Crippen molar-refractivity contribution in [3.63, 3.8) is 0 Å². The van der Waals surface area contributed by atoms with Crippen molar-refractivity contribution in [1.29, 1.82) is 0 Å². The molecule has 0 saturated carbocycles. The minimum absolute atomic E-state index is 0.402. The van der Waals surface area contributed by atoms with Crippen molar-refractivity contribution in [2.45, 2.75) is 72.8 Å². The molecule has 0 aromatic rings. The summed E-state index contributed by atoms with van der Waals surface area (Å²) in [4.78, 5) is 13.9. The van der Waals surface area contributed by atoms with Crippen LogP contribution in [0.3, 0.4) is 0 Å². The summed E-state index contributed by atoms with van der Waals surface area (Å²) in [6.07, 6.45) is 4.90. The van der Waals surface area contributed by atoms with Crippen molar-refractivity contribution in [2.24, 2.45) is 5.92 Å². The van der Waals surface area contributed by atoms with Crippen LogP contribution >= 0.6 is 0 Å². The SMILES string of the molecule is CCC(=O)CCCN(CC(C)C)C(CC)CC. The molecule has 0 unspecified atom stereocenters. The monoisotopic (exact) mass is 241 g/mol. The number of carbonyl (C=O) groups is 1. The van der Waals surface area contributed by atoms with Gasteiger partial charge in [0.1, 0.15) is 5.78 Å². The van der Waals surface area contributed by atoms with Crippen molar-refractivity contribution in [1.82, 2.24) is 4.90 Å². The average Bonchev–Trinajstić information content (AvgIpc) is 2.29. The van der Waals surface area contributed by atoms with E-state index in [4.69, 9.17) is 0 Å². The first-order chi connectivity index (χ1) is 8.04. The molecule has 0 aliphatic carbocycles. The van der Waals surface area contributed by atoms with Gasteiger partial charge >= 0.3 is 0 Å². The van der Waals surface area contributed by atoms with Crippen LogP contribution in [0.15, 0.2) is 0 Å². The molecule has 0 spiro atoms. The summed E-state index contributed by atoms with van der Waals surface area (Å²) < 4.78 is 0. The lowest BCUT2D eigenvalue weighted by Crippen LogP contribution is -2.38. The third kappa shape index (κ3) is 7.54. The molecule has 2 heteroatoms. The molecule has 2 nitrogen and oxygen atoms in total. The average molecular weight is 241 g/mol. The predicted octanol–water partition coefficient (Wildman–Crippen LogP) is 3.89. The molecule has 0 saturated heterocycles. The Morgan fingerprint density at radius 2 is 1.71 bits per heavy atom. The van der Waals surface area contributed by atoms with Crippen molar-refractivity contribution in [3.8, 4) is 0 Å². The topological polar surface area (TPSA) is 20.3 Å². The Balaban J connectivity index is 4.13. The van der Waals surface area contributed by atoms with E-state index in [0.29, 0.717) is 24.2 Å². The van der Waals surface area contributed by atoms with E-state index in [0.717, 1.165) is 25.9 Å². The van der Waals surface area contributed by atoms with Crippen LogP contribution < -0.4 is 0 Å². The molecule has 102 valence electrons. The van der Waals surface area contributed by atoms with Gasteiger partial charge in [0.2, 0.25) is 0 Å². The molecule has 0 aromatic carbocycles. The molecule has 0 aromatic heterocycles. The van der Waals surface area contributed by atoms with Crippen LogP contribution in [0, 0.1) is 5.92 Å². The molecule has 0 amide bonds. The lowest BCUT2D eigenvalue weighted by molar-refractivity contribution is -0.118. The molecule has 17 heavy (non-hydrogen) atoms. The van der Waals surface area contributed by atoms with E-state index in [1.807, 2.05) is 6.92 Å². The number of hydrogen-bond acceptors (Lipinski definition) is 2. The second-order valence-corrected chi connectivity index (χ2v) is 5.35. The van der Waals surface area contributed by atoms with Crippen molar-refractivity contribution in [3.05, 3.63) is 0 Å². The zero-order valence-corrected chi connectivity index (χ0v) is 12.5. The van der Waals surface area contributed by atoms with E-state index in [1.54, 1.807) is 0 Å². The minimum atomic E-state index is 0.402. The fourth-order valence-corrected chi connectivity index (χ4v) is 2.35. The third-order valence-corrected chi connectivity index (χ3v) is 3.35. The first-order valence-corrected chi connectivity index (χ1v) is 7.30.